The van der Waals surface area contributed by atoms with Gasteiger partial charge in [-0.1, -0.05) is 26.0 Å². The number of aliphatic carboxylic acids is 1. The fourth-order valence-electron chi connectivity index (χ4n) is 2.63. The van der Waals surface area contributed by atoms with Gasteiger partial charge < -0.3 is 37.0 Å². The average Bonchev–Trinajstić information content (AvgIpc) is 2.69. The highest BCUT2D eigenvalue weighted by molar-refractivity contribution is 5.94. The zero-order chi connectivity index (χ0) is 23.7. The Morgan fingerprint density at radius 3 is 2.03 bits per heavy atom. The number of benzene rings is 1. The fraction of sp³-hybridized carbons (Fsp3) is 0.500. The first-order valence-corrected chi connectivity index (χ1v) is 9.74. The number of nitrogens with two attached hydrogens (primary N) is 1. The molecule has 0 aliphatic heterocycles. The van der Waals surface area contributed by atoms with Gasteiger partial charge in [-0.25, -0.2) is 0 Å². The molecule has 3 amide bonds. The van der Waals surface area contributed by atoms with Crippen LogP contribution in [0.2, 0.25) is 0 Å². The van der Waals surface area contributed by atoms with E-state index in [1.807, 2.05) is 0 Å². The van der Waals surface area contributed by atoms with Crippen LogP contribution in [-0.4, -0.2) is 69.8 Å². The molecule has 8 N–H and O–H groups in total. The van der Waals surface area contributed by atoms with Crippen molar-refractivity contribution < 1.29 is 34.5 Å². The minimum Gasteiger partial charge on any atom is -0.508 e. The van der Waals surface area contributed by atoms with E-state index in [9.17, 15) is 29.4 Å². The van der Waals surface area contributed by atoms with Crippen LogP contribution in [0.5, 0.6) is 5.75 Å². The van der Waals surface area contributed by atoms with E-state index in [-0.39, 0.29) is 18.1 Å². The summed E-state index contributed by atoms with van der Waals surface area (Å²) in [4.78, 5) is 48.3. The third kappa shape index (κ3) is 8.60. The topological polar surface area (TPSA) is 191 Å². The molecule has 0 radical (unpaired) electrons. The summed E-state index contributed by atoms with van der Waals surface area (Å²) in [6, 6.07) is 2.52. The highest BCUT2D eigenvalue weighted by atomic mass is 16.4. The van der Waals surface area contributed by atoms with Gasteiger partial charge >= 0.3 is 5.97 Å². The highest BCUT2D eigenvalue weighted by Gasteiger charge is 2.31. The van der Waals surface area contributed by atoms with Gasteiger partial charge in [-0.2, -0.15) is 0 Å². The van der Waals surface area contributed by atoms with Gasteiger partial charge in [-0.3, -0.25) is 19.2 Å². The van der Waals surface area contributed by atoms with E-state index >= 15 is 0 Å². The van der Waals surface area contributed by atoms with Crippen LogP contribution in [-0.2, 0) is 25.6 Å². The van der Waals surface area contributed by atoms with Gasteiger partial charge in [-0.05, 0) is 30.5 Å². The zero-order valence-corrected chi connectivity index (χ0v) is 17.7. The second-order valence-electron chi connectivity index (χ2n) is 7.54. The van der Waals surface area contributed by atoms with Crippen LogP contribution < -0.4 is 21.7 Å². The molecule has 0 bridgehead atoms. The molecule has 0 fully saturated rings. The van der Waals surface area contributed by atoms with Crippen molar-refractivity contribution in [3.8, 4) is 5.75 Å². The minimum absolute atomic E-state index is 0.0173. The molecule has 0 aliphatic carbocycles. The summed E-state index contributed by atoms with van der Waals surface area (Å²) in [5, 5.41) is 34.9. The number of phenolic OH excluding ortho intramolecular Hbond substituents is 1. The first-order valence-electron chi connectivity index (χ1n) is 9.74. The molecule has 1 aromatic carbocycles. The van der Waals surface area contributed by atoms with Gasteiger partial charge in [0.15, 0.2) is 0 Å². The summed E-state index contributed by atoms with van der Waals surface area (Å²) in [5.41, 5.74) is 6.21. The van der Waals surface area contributed by atoms with Crippen molar-refractivity contribution in [3.63, 3.8) is 0 Å². The van der Waals surface area contributed by atoms with Crippen molar-refractivity contribution in [1.29, 1.82) is 0 Å². The number of hydrogen-bond donors (Lipinski definition) is 7. The van der Waals surface area contributed by atoms with Crippen LogP contribution in [0.3, 0.4) is 0 Å². The lowest BCUT2D eigenvalue weighted by molar-refractivity contribution is -0.138. The van der Waals surface area contributed by atoms with Crippen LogP contribution in [0, 0.1) is 5.92 Å². The van der Waals surface area contributed by atoms with Crippen LogP contribution in [0.25, 0.3) is 0 Å². The second kappa shape index (κ2) is 11.9. The standard InChI is InChI=1S/C20H30N4O7/c1-10(2)17(24-19(30)16(21)11(3)25)20(31)23-14(18(29)22-9-15(27)28)8-12-4-6-13(26)7-5-12/h4-7,10-11,14,16-17,25-26H,8-9,21H2,1-3H3,(H,22,29)(H,23,31)(H,24,30)(H,27,28). The zero-order valence-electron chi connectivity index (χ0n) is 17.7. The Bertz CT molecular complexity index is 780. The molecule has 1 rings (SSSR count). The Kier molecular flexibility index (Phi) is 9.90. The molecule has 11 heteroatoms. The Morgan fingerprint density at radius 2 is 1.55 bits per heavy atom. The molecule has 0 aliphatic rings. The van der Waals surface area contributed by atoms with Gasteiger partial charge in [0, 0.05) is 6.42 Å². The Morgan fingerprint density at radius 1 is 0.968 bits per heavy atom. The summed E-state index contributed by atoms with van der Waals surface area (Å²) < 4.78 is 0. The van der Waals surface area contributed by atoms with E-state index in [2.05, 4.69) is 16.0 Å². The smallest absolute Gasteiger partial charge is 0.322 e. The molecule has 4 atom stereocenters. The number of carbonyl (C=O) groups excluding carboxylic acids is 3. The fourth-order valence-corrected chi connectivity index (χ4v) is 2.63. The molecule has 31 heavy (non-hydrogen) atoms. The van der Waals surface area contributed by atoms with Gasteiger partial charge in [0.25, 0.3) is 0 Å². The maximum atomic E-state index is 12.8. The van der Waals surface area contributed by atoms with Crippen LogP contribution in [0.4, 0.5) is 0 Å². The predicted molar refractivity (Wildman–Crippen MR) is 111 cm³/mol. The number of carbonyl (C=O) groups is 4. The van der Waals surface area contributed by atoms with Crippen molar-refractivity contribution in [2.45, 2.75) is 51.4 Å². The number of aliphatic hydroxyl groups is 1. The maximum Gasteiger partial charge on any atom is 0.322 e. The predicted octanol–water partition coefficient (Wildman–Crippen LogP) is -1.53. The van der Waals surface area contributed by atoms with Gasteiger partial charge in [0.05, 0.1) is 6.10 Å². The number of carboxylic acids is 1. The maximum absolute atomic E-state index is 12.8. The lowest BCUT2D eigenvalue weighted by Crippen LogP contribution is -2.59. The number of carboxylic acid groups (broad SMARTS) is 1. The Labute approximate surface area is 180 Å². The number of amides is 3. The molecule has 0 saturated heterocycles. The minimum atomic E-state index is -1.25. The second-order valence-corrected chi connectivity index (χ2v) is 7.54. The summed E-state index contributed by atoms with van der Waals surface area (Å²) in [6.45, 7) is 4.07. The quantitative estimate of drug-likeness (QED) is 0.216. The first kappa shape index (κ1) is 25.9. The molecule has 1 aromatic rings. The van der Waals surface area contributed by atoms with Crippen LogP contribution in [0.15, 0.2) is 24.3 Å². The van der Waals surface area contributed by atoms with Crippen LogP contribution >= 0.6 is 0 Å². The lowest BCUT2D eigenvalue weighted by Gasteiger charge is -2.26. The van der Waals surface area contributed by atoms with Crippen molar-refractivity contribution >= 4 is 23.7 Å². The lowest BCUT2D eigenvalue weighted by atomic mass is 10.00. The average molecular weight is 438 g/mol. The number of hydrogen-bond acceptors (Lipinski definition) is 7. The van der Waals surface area contributed by atoms with Crippen molar-refractivity contribution in [3.05, 3.63) is 29.8 Å². The third-order valence-corrected chi connectivity index (χ3v) is 4.49. The summed E-state index contributed by atoms with van der Waals surface area (Å²) >= 11 is 0. The normalized spacial score (nSPS) is 14.8. The van der Waals surface area contributed by atoms with E-state index in [0.29, 0.717) is 5.56 Å². The van der Waals surface area contributed by atoms with Gasteiger partial charge in [0.1, 0.15) is 30.4 Å². The molecular formula is C20H30N4O7. The molecule has 11 nitrogen and oxygen atoms in total. The van der Waals surface area contributed by atoms with Crippen molar-refractivity contribution in [2.75, 3.05) is 6.54 Å². The third-order valence-electron chi connectivity index (χ3n) is 4.49. The van der Waals surface area contributed by atoms with E-state index in [0.717, 1.165) is 0 Å². The molecular weight excluding hydrogens is 408 g/mol. The highest BCUT2D eigenvalue weighted by Crippen LogP contribution is 2.12. The van der Waals surface area contributed by atoms with Crippen molar-refractivity contribution in [2.24, 2.45) is 11.7 Å². The Hall–Kier alpha value is -3.18. The molecule has 172 valence electrons. The van der Waals surface area contributed by atoms with Gasteiger partial charge in [-0.15, -0.1) is 0 Å². The molecule has 0 heterocycles. The monoisotopic (exact) mass is 438 g/mol. The number of phenols is 1. The van der Waals surface area contributed by atoms with E-state index in [4.69, 9.17) is 10.8 Å². The summed E-state index contributed by atoms with van der Waals surface area (Å²) in [7, 11) is 0. The molecule has 0 spiro atoms. The van der Waals surface area contributed by atoms with E-state index in [1.165, 1.54) is 19.1 Å². The van der Waals surface area contributed by atoms with E-state index < -0.39 is 54.5 Å². The number of aromatic hydroxyl groups is 1. The first-order chi connectivity index (χ1) is 14.4. The van der Waals surface area contributed by atoms with Crippen molar-refractivity contribution in [1.82, 2.24) is 16.0 Å². The molecule has 0 aromatic heterocycles. The molecule has 0 saturated carbocycles. The number of aliphatic hydroxyl groups excluding tert-OH is 1. The Balaban J connectivity index is 3.00. The number of rotatable bonds is 11. The largest absolute Gasteiger partial charge is 0.508 e. The SMILES string of the molecule is CC(C)C(NC(=O)C(N)C(C)O)C(=O)NC(Cc1ccc(O)cc1)C(=O)NCC(=O)O. The summed E-state index contributed by atoms with van der Waals surface area (Å²) in [6.07, 6.45) is -1.11. The summed E-state index contributed by atoms with van der Waals surface area (Å²) in [5.74, 6) is -3.72. The number of nitrogens with one attached hydrogen (secondary N) is 3. The van der Waals surface area contributed by atoms with Crippen LogP contribution in [0.1, 0.15) is 26.3 Å². The van der Waals surface area contributed by atoms with Gasteiger partial charge in [0.2, 0.25) is 17.7 Å². The molecule has 4 unspecified atom stereocenters. The van der Waals surface area contributed by atoms with E-state index in [1.54, 1.807) is 26.0 Å².